The first-order chi connectivity index (χ1) is 10.8. The van der Waals surface area contributed by atoms with Gasteiger partial charge in [-0.2, -0.15) is 0 Å². The number of rotatable bonds is 3. The zero-order chi connectivity index (χ0) is 15.2. The van der Waals surface area contributed by atoms with Gasteiger partial charge < -0.3 is 5.32 Å². The molecule has 1 saturated carbocycles. The van der Waals surface area contributed by atoms with Crippen LogP contribution in [-0.4, -0.2) is 23.6 Å². The van der Waals surface area contributed by atoms with E-state index in [4.69, 9.17) is 4.99 Å². The molecule has 2 fully saturated rings. The van der Waals surface area contributed by atoms with E-state index < -0.39 is 0 Å². The Bertz CT molecular complexity index is 485. The van der Waals surface area contributed by atoms with Gasteiger partial charge in [0.15, 0.2) is 5.17 Å². The molecule has 120 valence electrons. The second kappa shape index (κ2) is 7.99. The van der Waals surface area contributed by atoms with E-state index >= 15 is 0 Å². The molecule has 1 saturated heterocycles. The second-order valence-corrected chi connectivity index (χ2v) is 6.92. The largest absolute Gasteiger partial charge is 0.362 e. The molecule has 1 aliphatic carbocycles. The molecule has 0 radical (unpaired) electrons. The van der Waals surface area contributed by atoms with Crippen LogP contribution in [0, 0.1) is 0 Å². The summed E-state index contributed by atoms with van der Waals surface area (Å²) in [6, 6.07) is 11.5. The van der Waals surface area contributed by atoms with Crippen molar-refractivity contribution in [2.24, 2.45) is 4.99 Å². The van der Waals surface area contributed by atoms with Crippen LogP contribution in [0.1, 0.15) is 50.1 Å². The molecule has 0 spiro atoms. The predicted molar refractivity (Wildman–Crippen MR) is 94.8 cm³/mol. The smallest absolute Gasteiger partial charge is 0.158 e. The van der Waals surface area contributed by atoms with Gasteiger partial charge in [-0.3, -0.25) is 0 Å². The second-order valence-electron chi connectivity index (χ2n) is 6.12. The van der Waals surface area contributed by atoms with E-state index in [2.05, 4.69) is 52.8 Å². The quantitative estimate of drug-likeness (QED) is 0.592. The topological polar surface area (TPSA) is 48.5 Å². The Morgan fingerprint density at radius 3 is 2.64 bits per heavy atom. The number of hydrogen-bond donors (Lipinski definition) is 3. The van der Waals surface area contributed by atoms with Gasteiger partial charge in [0.1, 0.15) is 6.17 Å². The van der Waals surface area contributed by atoms with Gasteiger partial charge in [-0.05, 0) is 24.7 Å². The van der Waals surface area contributed by atoms with Gasteiger partial charge in [0.05, 0.1) is 0 Å². The van der Waals surface area contributed by atoms with Crippen molar-refractivity contribution in [1.82, 2.24) is 16.2 Å². The fraction of sp³-hybridized carbons (Fsp3) is 0.588. The van der Waals surface area contributed by atoms with E-state index in [-0.39, 0.29) is 6.17 Å². The Balaban J connectivity index is 1.56. The van der Waals surface area contributed by atoms with Gasteiger partial charge in [-0.25, -0.2) is 15.8 Å². The average Bonchev–Trinajstić information content (AvgIpc) is 3.04. The first-order valence-electron chi connectivity index (χ1n) is 8.29. The Morgan fingerprint density at radius 2 is 1.91 bits per heavy atom. The monoisotopic (exact) mass is 318 g/mol. The number of nitrogens with one attached hydrogen (secondary N) is 3. The summed E-state index contributed by atoms with van der Waals surface area (Å²) in [7, 11) is 0. The molecule has 1 aromatic rings. The number of benzene rings is 1. The number of hydrogen-bond acceptors (Lipinski definition) is 4. The maximum atomic E-state index is 4.86. The van der Waals surface area contributed by atoms with Gasteiger partial charge >= 0.3 is 0 Å². The number of nitrogens with zero attached hydrogens (tertiary/aromatic N) is 1. The number of hydrazine groups is 1. The van der Waals surface area contributed by atoms with Gasteiger partial charge in [0.25, 0.3) is 0 Å². The number of thioether (sulfide) groups is 1. The van der Waals surface area contributed by atoms with E-state index in [9.17, 15) is 0 Å². The molecule has 1 heterocycles. The molecule has 5 heteroatoms. The Labute approximate surface area is 137 Å². The van der Waals surface area contributed by atoms with Crippen LogP contribution < -0.4 is 16.2 Å². The van der Waals surface area contributed by atoms with E-state index in [1.807, 2.05) is 0 Å². The molecule has 22 heavy (non-hydrogen) atoms. The fourth-order valence-electron chi connectivity index (χ4n) is 3.24. The van der Waals surface area contributed by atoms with Gasteiger partial charge in [0, 0.05) is 18.5 Å². The summed E-state index contributed by atoms with van der Waals surface area (Å²) in [5, 5.41) is 4.70. The minimum atomic E-state index is 0.142. The highest BCUT2D eigenvalue weighted by atomic mass is 32.2. The van der Waals surface area contributed by atoms with Crippen molar-refractivity contribution in [1.29, 1.82) is 0 Å². The minimum absolute atomic E-state index is 0.142. The van der Waals surface area contributed by atoms with Gasteiger partial charge in [0.2, 0.25) is 0 Å². The van der Waals surface area contributed by atoms with Crippen molar-refractivity contribution < 1.29 is 0 Å². The maximum Gasteiger partial charge on any atom is 0.158 e. The van der Waals surface area contributed by atoms with E-state index in [1.165, 1.54) is 37.7 Å². The summed E-state index contributed by atoms with van der Waals surface area (Å²) in [4.78, 5) is 4.86. The Kier molecular flexibility index (Phi) is 5.76. The highest BCUT2D eigenvalue weighted by molar-refractivity contribution is 8.13. The Morgan fingerprint density at radius 1 is 1.14 bits per heavy atom. The molecule has 0 aromatic heterocycles. The third kappa shape index (κ3) is 4.24. The summed E-state index contributed by atoms with van der Waals surface area (Å²) in [6.07, 6.45) is 9.87. The molecule has 2 aliphatic rings. The molecule has 0 bridgehead atoms. The van der Waals surface area contributed by atoms with Crippen LogP contribution in [0.3, 0.4) is 0 Å². The molecule has 3 N–H and O–H groups in total. The summed E-state index contributed by atoms with van der Waals surface area (Å²) in [5.74, 6) is 0. The lowest BCUT2D eigenvalue weighted by Crippen LogP contribution is -2.37. The van der Waals surface area contributed by atoms with Crippen molar-refractivity contribution in [3.63, 3.8) is 0 Å². The zero-order valence-corrected chi connectivity index (χ0v) is 14.0. The summed E-state index contributed by atoms with van der Waals surface area (Å²) >= 11 is 1.72. The highest BCUT2D eigenvalue weighted by Crippen LogP contribution is 2.23. The van der Waals surface area contributed by atoms with Crippen molar-refractivity contribution in [2.45, 2.75) is 56.8 Å². The van der Waals surface area contributed by atoms with Gasteiger partial charge in [-0.1, -0.05) is 61.4 Å². The van der Waals surface area contributed by atoms with Crippen molar-refractivity contribution in [2.75, 3.05) is 6.26 Å². The minimum Gasteiger partial charge on any atom is -0.362 e. The molecule has 1 aromatic carbocycles. The average molecular weight is 318 g/mol. The van der Waals surface area contributed by atoms with Crippen LogP contribution in [0.15, 0.2) is 35.3 Å². The van der Waals surface area contributed by atoms with Crippen LogP contribution in [0.5, 0.6) is 0 Å². The first-order valence-corrected chi connectivity index (χ1v) is 9.52. The number of aliphatic imine (C=N–C) groups is 1. The molecule has 4 nitrogen and oxygen atoms in total. The third-order valence-electron chi connectivity index (χ3n) is 4.48. The lowest BCUT2D eigenvalue weighted by molar-refractivity contribution is 0.414. The molecule has 0 amide bonds. The molecular formula is C17H26N4S. The third-order valence-corrected chi connectivity index (χ3v) is 5.09. The fourth-order valence-corrected chi connectivity index (χ4v) is 3.76. The molecule has 3 rings (SSSR count). The van der Waals surface area contributed by atoms with Crippen molar-refractivity contribution in [3.05, 3.63) is 35.9 Å². The highest BCUT2D eigenvalue weighted by Gasteiger charge is 2.25. The zero-order valence-electron chi connectivity index (χ0n) is 13.2. The van der Waals surface area contributed by atoms with Crippen LogP contribution in [-0.2, 0) is 0 Å². The maximum absolute atomic E-state index is 4.86. The molecular weight excluding hydrogens is 292 g/mol. The summed E-state index contributed by atoms with van der Waals surface area (Å²) in [5.41, 5.74) is 8.00. The normalized spacial score (nSPS) is 27.0. The van der Waals surface area contributed by atoms with E-state index in [0.29, 0.717) is 12.1 Å². The molecule has 2 atom stereocenters. The Hall–Kier alpha value is -1.04. The van der Waals surface area contributed by atoms with E-state index in [1.54, 1.807) is 11.8 Å². The summed E-state index contributed by atoms with van der Waals surface area (Å²) < 4.78 is 0. The first kappa shape index (κ1) is 15.8. The predicted octanol–water partition coefficient (Wildman–Crippen LogP) is 3.19. The van der Waals surface area contributed by atoms with Crippen LogP contribution in [0.2, 0.25) is 0 Å². The van der Waals surface area contributed by atoms with Gasteiger partial charge in [-0.15, -0.1) is 0 Å². The van der Waals surface area contributed by atoms with Crippen molar-refractivity contribution >= 4 is 16.9 Å². The van der Waals surface area contributed by atoms with Crippen LogP contribution in [0.4, 0.5) is 0 Å². The van der Waals surface area contributed by atoms with Crippen LogP contribution >= 0.6 is 11.8 Å². The van der Waals surface area contributed by atoms with E-state index in [0.717, 1.165) is 11.6 Å². The van der Waals surface area contributed by atoms with Crippen molar-refractivity contribution in [3.8, 4) is 0 Å². The SMILES string of the molecule is CS/C(=N\C1CC(c2ccccc2)NN1)NC1CCCCC1. The molecule has 1 aliphatic heterocycles. The lowest BCUT2D eigenvalue weighted by Gasteiger charge is -2.24. The molecule has 2 unspecified atom stereocenters. The lowest BCUT2D eigenvalue weighted by atomic mass is 9.96. The number of amidine groups is 1. The summed E-state index contributed by atoms with van der Waals surface area (Å²) in [6.45, 7) is 0. The standard InChI is InChI=1S/C17H26N4S/c1-22-17(18-14-10-6-3-7-11-14)19-16-12-15(20-21-16)13-8-4-2-5-9-13/h2,4-5,8-9,14-16,20-21H,3,6-7,10-12H2,1H3,(H,18,19). The van der Waals surface area contributed by atoms with Crippen LogP contribution in [0.25, 0.3) is 0 Å².